The maximum absolute atomic E-state index is 14.3. The second-order valence-electron chi connectivity index (χ2n) is 17.2. The molecule has 12 aromatic rings. The third-order valence-electron chi connectivity index (χ3n) is 13.3. The van der Waals surface area contributed by atoms with E-state index in [4.69, 9.17) is 4.74 Å². The second-order valence-corrected chi connectivity index (χ2v) is 17.2. The van der Waals surface area contributed by atoms with E-state index in [0.717, 1.165) is 61.4 Å². The van der Waals surface area contributed by atoms with Crippen LogP contribution in [0.1, 0.15) is 31.8 Å². The van der Waals surface area contributed by atoms with Gasteiger partial charge in [0, 0.05) is 60.9 Å². The minimum Gasteiger partial charge on any atom is -0.453 e. The third-order valence-corrected chi connectivity index (χ3v) is 13.3. The molecule has 0 fully saturated rings. The molecule has 6 heteroatoms. The number of fused-ring (bicyclic) bond motifs is 8. The van der Waals surface area contributed by atoms with Gasteiger partial charge in [-0.25, -0.2) is 0 Å². The van der Waals surface area contributed by atoms with Gasteiger partial charge in [0.2, 0.25) is 0 Å². The number of rotatable bonds is 8. The van der Waals surface area contributed by atoms with Crippen LogP contribution in [0.4, 0.5) is 17.1 Å². The summed E-state index contributed by atoms with van der Waals surface area (Å²) in [4.78, 5) is 29.9. The Kier molecular flexibility index (Phi) is 9.05. The number of aromatic nitrogens is 2. The van der Waals surface area contributed by atoms with Gasteiger partial charge in [0.1, 0.15) is 0 Å². The average molecular weight is 874 g/mol. The number of ketones is 2. The van der Waals surface area contributed by atoms with Gasteiger partial charge in [-0.15, -0.1) is 0 Å². The molecule has 0 saturated carbocycles. The Morgan fingerprint density at radius 2 is 0.794 bits per heavy atom. The maximum atomic E-state index is 14.3. The van der Waals surface area contributed by atoms with Crippen LogP contribution in [0, 0.1) is 0 Å². The molecule has 13 rings (SSSR count). The Morgan fingerprint density at radius 1 is 0.309 bits per heavy atom. The highest BCUT2D eigenvalue weighted by Crippen LogP contribution is 2.51. The van der Waals surface area contributed by atoms with E-state index in [1.807, 2.05) is 127 Å². The molecule has 0 N–H and O–H groups in total. The fourth-order valence-corrected chi connectivity index (χ4v) is 10.1. The first-order valence-electron chi connectivity index (χ1n) is 22.7. The van der Waals surface area contributed by atoms with Crippen LogP contribution >= 0.6 is 0 Å². The zero-order valence-electron chi connectivity index (χ0n) is 36.6. The van der Waals surface area contributed by atoms with Gasteiger partial charge in [-0.2, -0.15) is 0 Å². The van der Waals surface area contributed by atoms with E-state index in [9.17, 15) is 9.59 Å². The number of ether oxygens (including phenoxy) is 1. The fourth-order valence-electron chi connectivity index (χ4n) is 10.1. The van der Waals surface area contributed by atoms with Crippen LogP contribution < -0.4 is 9.64 Å². The molecule has 2 aromatic heterocycles. The normalized spacial score (nSPS) is 12.0. The van der Waals surface area contributed by atoms with E-state index < -0.39 is 0 Å². The summed E-state index contributed by atoms with van der Waals surface area (Å²) >= 11 is 0. The molecule has 0 amide bonds. The lowest BCUT2D eigenvalue weighted by molar-refractivity contribution is 0.103. The van der Waals surface area contributed by atoms with Gasteiger partial charge in [-0.05, 0) is 96.1 Å². The van der Waals surface area contributed by atoms with Crippen LogP contribution in [0.5, 0.6) is 11.5 Å². The van der Waals surface area contributed by atoms with Gasteiger partial charge >= 0.3 is 0 Å². The van der Waals surface area contributed by atoms with E-state index >= 15 is 0 Å². The molecule has 0 saturated heterocycles. The summed E-state index contributed by atoms with van der Waals surface area (Å²) < 4.78 is 11.2. The number of nitrogens with zero attached hydrogens (tertiary/aromatic N) is 3. The Hall–Kier alpha value is -9.26. The van der Waals surface area contributed by atoms with Crippen molar-refractivity contribution in [2.75, 3.05) is 4.90 Å². The summed E-state index contributed by atoms with van der Waals surface area (Å²) in [5.41, 5.74) is 13.4. The lowest BCUT2D eigenvalue weighted by Crippen LogP contribution is -2.16. The molecule has 0 radical (unpaired) electrons. The van der Waals surface area contributed by atoms with Crippen molar-refractivity contribution in [3.8, 4) is 34.0 Å². The molecule has 10 aromatic carbocycles. The number of anilines is 3. The van der Waals surface area contributed by atoms with Crippen molar-refractivity contribution in [3.63, 3.8) is 0 Å². The Labute approximate surface area is 391 Å². The first-order valence-corrected chi connectivity index (χ1v) is 22.7. The molecule has 1 aliphatic heterocycles. The summed E-state index contributed by atoms with van der Waals surface area (Å²) in [6.07, 6.45) is 0. The predicted molar refractivity (Wildman–Crippen MR) is 275 cm³/mol. The Bertz CT molecular complexity index is 3940. The SMILES string of the molecule is O=C(c1ccccc1)c1cccc(N2c3ccccc3Oc3cc(-c4ccc(C(=O)c5cccc(-n6c7ccccc7c7cc(-n8c9ccccc9c9ccccc98)ccc76)c5)cc4)ccc32)c1. The first kappa shape index (κ1) is 39.1. The number of carbonyl (C=O) groups is 2. The van der Waals surface area contributed by atoms with Crippen molar-refractivity contribution in [2.45, 2.75) is 0 Å². The summed E-state index contributed by atoms with van der Waals surface area (Å²) in [5.74, 6) is 1.31. The van der Waals surface area contributed by atoms with Crippen LogP contribution in [-0.4, -0.2) is 20.7 Å². The monoisotopic (exact) mass is 873 g/mol. The standard InChI is InChI=1S/C62H39N3O3/c66-61(41-14-2-1-3-15-41)44-16-13-19-47(37-44)65-57-26-10-11-27-59(57)68-60-38-43(32-34-58(60)65)40-28-30-42(31-29-40)62(67)45-17-12-18-46(36-45)63-55-25-9-6-22-51(55)52-39-48(33-35-56(52)63)64-53-23-7-4-20-49(53)50-21-5-8-24-54(50)64/h1-39H. The van der Waals surface area contributed by atoms with Crippen molar-refractivity contribution in [1.82, 2.24) is 9.13 Å². The van der Waals surface area contributed by atoms with E-state index in [-0.39, 0.29) is 11.6 Å². The van der Waals surface area contributed by atoms with Gasteiger partial charge in [-0.1, -0.05) is 152 Å². The summed E-state index contributed by atoms with van der Waals surface area (Å²) in [6, 6.07) is 79.2. The van der Waals surface area contributed by atoms with Gasteiger partial charge in [-0.3, -0.25) is 9.59 Å². The molecule has 320 valence electrons. The van der Waals surface area contributed by atoms with E-state index in [1.54, 1.807) is 0 Å². The quantitative estimate of drug-likeness (QED) is 0.143. The highest BCUT2D eigenvalue weighted by molar-refractivity contribution is 6.13. The van der Waals surface area contributed by atoms with E-state index in [0.29, 0.717) is 33.8 Å². The summed E-state index contributed by atoms with van der Waals surface area (Å²) in [7, 11) is 0. The fraction of sp³-hybridized carbons (Fsp3) is 0. The molecule has 0 spiro atoms. The number of benzene rings is 10. The van der Waals surface area contributed by atoms with Crippen LogP contribution in [0.2, 0.25) is 0 Å². The summed E-state index contributed by atoms with van der Waals surface area (Å²) in [5, 5.41) is 4.74. The van der Waals surface area contributed by atoms with Crippen LogP contribution in [0.15, 0.2) is 237 Å². The lowest BCUT2D eigenvalue weighted by atomic mass is 9.98. The van der Waals surface area contributed by atoms with Gasteiger partial charge in [0.15, 0.2) is 23.1 Å². The Morgan fingerprint density at radius 3 is 1.47 bits per heavy atom. The highest BCUT2D eigenvalue weighted by atomic mass is 16.5. The zero-order chi connectivity index (χ0) is 45.3. The molecule has 0 aliphatic carbocycles. The minimum atomic E-state index is -0.0539. The molecular formula is C62H39N3O3. The molecule has 0 unspecified atom stereocenters. The smallest absolute Gasteiger partial charge is 0.193 e. The lowest BCUT2D eigenvalue weighted by Gasteiger charge is -2.33. The molecule has 1 aliphatic rings. The number of carbonyl (C=O) groups excluding carboxylic acids is 2. The van der Waals surface area contributed by atoms with Gasteiger partial charge in [0.05, 0.1) is 33.4 Å². The highest BCUT2D eigenvalue weighted by Gasteiger charge is 2.27. The van der Waals surface area contributed by atoms with Crippen molar-refractivity contribution in [3.05, 3.63) is 259 Å². The third kappa shape index (κ3) is 6.34. The summed E-state index contributed by atoms with van der Waals surface area (Å²) in [6.45, 7) is 0. The average Bonchev–Trinajstić information content (AvgIpc) is 3.92. The van der Waals surface area contributed by atoms with Crippen LogP contribution in [0.25, 0.3) is 66.1 Å². The molecule has 68 heavy (non-hydrogen) atoms. The van der Waals surface area contributed by atoms with E-state index in [1.165, 1.54) is 21.8 Å². The predicted octanol–water partition coefficient (Wildman–Crippen LogP) is 15.6. The minimum absolute atomic E-state index is 0.0341. The maximum Gasteiger partial charge on any atom is 0.193 e. The molecule has 3 heterocycles. The van der Waals surface area contributed by atoms with Crippen molar-refractivity contribution in [1.29, 1.82) is 0 Å². The van der Waals surface area contributed by atoms with Gasteiger partial charge in [0.25, 0.3) is 0 Å². The number of para-hydroxylation sites is 5. The Balaban J connectivity index is 0.812. The van der Waals surface area contributed by atoms with Gasteiger partial charge < -0.3 is 18.8 Å². The zero-order valence-corrected chi connectivity index (χ0v) is 36.6. The van der Waals surface area contributed by atoms with Crippen molar-refractivity contribution < 1.29 is 14.3 Å². The van der Waals surface area contributed by atoms with Crippen molar-refractivity contribution in [2.24, 2.45) is 0 Å². The second kappa shape index (κ2) is 15.7. The molecule has 0 atom stereocenters. The first-order chi connectivity index (χ1) is 33.6. The largest absolute Gasteiger partial charge is 0.453 e. The molecule has 0 bridgehead atoms. The van der Waals surface area contributed by atoms with Crippen LogP contribution in [0.3, 0.4) is 0 Å². The number of hydrogen-bond acceptors (Lipinski definition) is 4. The van der Waals surface area contributed by atoms with Crippen molar-refractivity contribution >= 4 is 72.2 Å². The molecule has 6 nitrogen and oxygen atoms in total. The number of hydrogen-bond donors (Lipinski definition) is 0. The van der Waals surface area contributed by atoms with E-state index in [2.05, 4.69) is 123 Å². The topological polar surface area (TPSA) is 56.5 Å². The van der Waals surface area contributed by atoms with Crippen LogP contribution in [-0.2, 0) is 0 Å². The molecular weight excluding hydrogens is 835 g/mol.